The first-order valence-corrected chi connectivity index (χ1v) is 9.86. The quantitative estimate of drug-likeness (QED) is 0.390. The van der Waals surface area contributed by atoms with Crippen molar-refractivity contribution in [3.8, 4) is 11.5 Å². The van der Waals surface area contributed by atoms with Crippen molar-refractivity contribution in [1.29, 1.82) is 0 Å². The van der Waals surface area contributed by atoms with Crippen molar-refractivity contribution in [2.75, 3.05) is 14.2 Å². The van der Waals surface area contributed by atoms with E-state index in [0.717, 1.165) is 39.9 Å². The van der Waals surface area contributed by atoms with E-state index in [1.54, 1.807) is 14.2 Å². The summed E-state index contributed by atoms with van der Waals surface area (Å²) in [5.74, 6) is 1.42. The molecule has 0 bridgehead atoms. The fourth-order valence-electron chi connectivity index (χ4n) is 3.57. The van der Waals surface area contributed by atoms with E-state index in [9.17, 15) is 0 Å². The van der Waals surface area contributed by atoms with Gasteiger partial charge in [0, 0.05) is 23.0 Å². The number of fused-ring (bicyclic) bond motifs is 1. The Bertz CT molecular complexity index is 1130. The van der Waals surface area contributed by atoms with Gasteiger partial charge in [0.05, 0.1) is 19.9 Å². The molecule has 0 fully saturated rings. The lowest BCUT2D eigenvalue weighted by atomic mass is 9.96. The molecule has 3 aromatic carbocycles. The molecule has 29 heavy (non-hydrogen) atoms. The Labute approximate surface area is 175 Å². The van der Waals surface area contributed by atoms with Crippen molar-refractivity contribution < 1.29 is 9.47 Å². The van der Waals surface area contributed by atoms with Gasteiger partial charge in [0.1, 0.15) is 0 Å². The van der Waals surface area contributed by atoms with Crippen LogP contribution in [0.1, 0.15) is 22.4 Å². The van der Waals surface area contributed by atoms with Gasteiger partial charge >= 0.3 is 0 Å². The van der Waals surface area contributed by atoms with Gasteiger partial charge < -0.3 is 9.47 Å². The van der Waals surface area contributed by atoms with Gasteiger partial charge in [-0.2, -0.15) is 0 Å². The van der Waals surface area contributed by atoms with Crippen molar-refractivity contribution in [3.05, 3.63) is 100 Å². The van der Waals surface area contributed by atoms with Gasteiger partial charge in [-0.1, -0.05) is 54.1 Å². The molecule has 1 aromatic heterocycles. The second-order valence-corrected chi connectivity index (χ2v) is 7.38. The predicted molar refractivity (Wildman–Crippen MR) is 118 cm³/mol. The van der Waals surface area contributed by atoms with E-state index in [-0.39, 0.29) is 0 Å². The summed E-state index contributed by atoms with van der Waals surface area (Å²) in [6, 6.07) is 22.4. The summed E-state index contributed by atoms with van der Waals surface area (Å²) in [7, 11) is 3.32. The van der Waals surface area contributed by atoms with Crippen LogP contribution in [0.3, 0.4) is 0 Å². The van der Waals surface area contributed by atoms with Gasteiger partial charge in [-0.3, -0.25) is 4.98 Å². The first-order chi connectivity index (χ1) is 14.2. The smallest absolute Gasteiger partial charge is 0.161 e. The molecule has 0 saturated carbocycles. The summed E-state index contributed by atoms with van der Waals surface area (Å²) < 4.78 is 11.1. The third-order valence-corrected chi connectivity index (χ3v) is 5.33. The zero-order valence-corrected chi connectivity index (χ0v) is 17.2. The highest BCUT2D eigenvalue weighted by molar-refractivity contribution is 6.30. The lowest BCUT2D eigenvalue weighted by Crippen LogP contribution is -2.00. The second kappa shape index (κ2) is 8.54. The molecule has 0 unspecified atom stereocenters. The Kier molecular flexibility index (Phi) is 5.68. The van der Waals surface area contributed by atoms with Crippen molar-refractivity contribution in [2.24, 2.45) is 0 Å². The van der Waals surface area contributed by atoms with Gasteiger partial charge in [0.2, 0.25) is 0 Å². The number of ether oxygens (including phenoxy) is 2. The van der Waals surface area contributed by atoms with E-state index < -0.39 is 0 Å². The number of halogens is 1. The number of nitrogens with zero attached hydrogens (tertiary/aromatic N) is 1. The highest BCUT2D eigenvalue weighted by Crippen LogP contribution is 2.36. The number of pyridine rings is 1. The third-order valence-electron chi connectivity index (χ3n) is 5.08. The van der Waals surface area contributed by atoms with Crippen LogP contribution < -0.4 is 9.47 Å². The molecule has 1 heterocycles. The number of aromatic nitrogens is 1. The standard InChI is InChI=1S/C25H22ClNO2/c1-28-24-14-21-19(12-18-8-10-20(26)11-9-18)16-27-23(22(21)15-25(24)29-2)13-17-6-4-3-5-7-17/h3-11,14-16H,12-13H2,1-2H3. The van der Waals surface area contributed by atoms with E-state index in [1.165, 1.54) is 11.1 Å². The predicted octanol–water partition coefficient (Wildman–Crippen LogP) is 6.09. The molecule has 0 atom stereocenters. The maximum atomic E-state index is 6.04. The maximum absolute atomic E-state index is 6.04. The Balaban J connectivity index is 1.83. The summed E-state index contributed by atoms with van der Waals surface area (Å²) in [5.41, 5.74) is 4.57. The van der Waals surface area contributed by atoms with Gasteiger partial charge in [0.25, 0.3) is 0 Å². The minimum atomic E-state index is 0.708. The SMILES string of the molecule is COc1cc2c(Cc3ccc(Cl)cc3)cnc(Cc3ccccc3)c2cc1OC. The minimum Gasteiger partial charge on any atom is -0.493 e. The van der Waals surface area contributed by atoms with Crippen LogP contribution in [-0.2, 0) is 12.8 Å². The number of rotatable bonds is 6. The second-order valence-electron chi connectivity index (χ2n) is 6.95. The molecule has 4 heteroatoms. The highest BCUT2D eigenvalue weighted by atomic mass is 35.5. The Hall–Kier alpha value is -3.04. The van der Waals surface area contributed by atoms with Crippen LogP contribution in [0.5, 0.6) is 11.5 Å². The van der Waals surface area contributed by atoms with Crippen molar-refractivity contribution in [2.45, 2.75) is 12.8 Å². The van der Waals surface area contributed by atoms with Crippen LogP contribution in [-0.4, -0.2) is 19.2 Å². The molecule has 0 amide bonds. The molecule has 4 rings (SSSR count). The molecule has 0 spiro atoms. The van der Waals surface area contributed by atoms with E-state index in [0.29, 0.717) is 11.5 Å². The molecule has 3 nitrogen and oxygen atoms in total. The lowest BCUT2D eigenvalue weighted by molar-refractivity contribution is 0.356. The Morgan fingerprint density at radius 3 is 2.03 bits per heavy atom. The van der Waals surface area contributed by atoms with Crippen molar-refractivity contribution in [3.63, 3.8) is 0 Å². The molecule has 0 aliphatic carbocycles. The van der Waals surface area contributed by atoms with Crippen LogP contribution in [0, 0.1) is 0 Å². The van der Waals surface area contributed by atoms with E-state index in [2.05, 4.69) is 30.3 Å². The van der Waals surface area contributed by atoms with E-state index in [4.69, 9.17) is 26.1 Å². The van der Waals surface area contributed by atoms with Gasteiger partial charge in [-0.25, -0.2) is 0 Å². The summed E-state index contributed by atoms with van der Waals surface area (Å²) in [6.07, 6.45) is 3.50. The number of benzene rings is 3. The average molecular weight is 404 g/mol. The maximum Gasteiger partial charge on any atom is 0.161 e. The van der Waals surface area contributed by atoms with Crippen molar-refractivity contribution >= 4 is 22.4 Å². The van der Waals surface area contributed by atoms with Crippen LogP contribution in [0.25, 0.3) is 10.8 Å². The van der Waals surface area contributed by atoms with Crippen LogP contribution in [0.2, 0.25) is 5.02 Å². The molecule has 146 valence electrons. The summed E-state index contributed by atoms with van der Waals surface area (Å²) in [5, 5.41) is 2.94. The summed E-state index contributed by atoms with van der Waals surface area (Å²) in [4.78, 5) is 4.82. The number of methoxy groups -OCH3 is 2. The summed E-state index contributed by atoms with van der Waals surface area (Å²) >= 11 is 6.04. The topological polar surface area (TPSA) is 31.4 Å². The molecule has 0 aliphatic heterocycles. The van der Waals surface area contributed by atoms with E-state index in [1.807, 2.05) is 42.6 Å². The van der Waals surface area contributed by atoms with Crippen LogP contribution >= 0.6 is 11.6 Å². The monoisotopic (exact) mass is 403 g/mol. The molecular weight excluding hydrogens is 382 g/mol. The zero-order chi connectivity index (χ0) is 20.2. The first-order valence-electron chi connectivity index (χ1n) is 9.49. The van der Waals surface area contributed by atoms with Gasteiger partial charge in [-0.15, -0.1) is 0 Å². The Morgan fingerprint density at radius 2 is 1.38 bits per heavy atom. The summed E-state index contributed by atoms with van der Waals surface area (Å²) in [6.45, 7) is 0. The zero-order valence-electron chi connectivity index (χ0n) is 16.5. The minimum absolute atomic E-state index is 0.708. The molecule has 0 saturated heterocycles. The number of hydrogen-bond donors (Lipinski definition) is 0. The average Bonchev–Trinajstić information content (AvgIpc) is 2.76. The molecule has 0 aliphatic rings. The van der Waals surface area contributed by atoms with Crippen molar-refractivity contribution in [1.82, 2.24) is 4.98 Å². The van der Waals surface area contributed by atoms with Crippen LogP contribution in [0.4, 0.5) is 0 Å². The third kappa shape index (κ3) is 4.20. The largest absolute Gasteiger partial charge is 0.493 e. The first kappa shape index (κ1) is 19.3. The molecular formula is C25H22ClNO2. The van der Waals surface area contributed by atoms with E-state index >= 15 is 0 Å². The highest BCUT2D eigenvalue weighted by Gasteiger charge is 2.14. The van der Waals surface area contributed by atoms with Gasteiger partial charge in [0.15, 0.2) is 11.5 Å². The Morgan fingerprint density at radius 1 is 0.759 bits per heavy atom. The van der Waals surface area contributed by atoms with Crippen LogP contribution in [0.15, 0.2) is 72.9 Å². The lowest BCUT2D eigenvalue weighted by Gasteiger charge is -2.15. The van der Waals surface area contributed by atoms with Gasteiger partial charge in [-0.05, 0) is 52.8 Å². The fourth-order valence-corrected chi connectivity index (χ4v) is 3.70. The normalized spacial score (nSPS) is 10.9. The molecule has 4 aromatic rings. The molecule has 0 N–H and O–H groups in total. The fraction of sp³-hybridized carbons (Fsp3) is 0.160. The number of hydrogen-bond acceptors (Lipinski definition) is 3. The molecule has 0 radical (unpaired) electrons.